The molecule has 1 fully saturated rings. The average Bonchev–Trinajstić information content (AvgIpc) is 2.56. The van der Waals surface area contributed by atoms with E-state index >= 15 is 0 Å². The number of cyclic esters (lactones) is 2. The monoisotopic (exact) mass is 220 g/mol. The molecule has 1 aliphatic heterocycles. The number of carbonyl (C=O) groups excluding carboxylic acids is 2. The van der Waals surface area contributed by atoms with E-state index in [4.69, 9.17) is 4.74 Å². The number of allylic oxidation sites excluding steroid dienone is 4. The summed E-state index contributed by atoms with van der Waals surface area (Å²) in [5, 5.41) is 0. The summed E-state index contributed by atoms with van der Waals surface area (Å²) >= 11 is 0. The van der Waals surface area contributed by atoms with Crippen molar-refractivity contribution in [3.8, 4) is 0 Å². The second-order valence-electron chi connectivity index (χ2n) is 4.54. The molecule has 0 spiro atoms. The summed E-state index contributed by atoms with van der Waals surface area (Å²) in [6, 6.07) is 0. The Bertz CT molecular complexity index is 379. The molecule has 86 valence electrons. The van der Waals surface area contributed by atoms with Crippen molar-refractivity contribution in [1.82, 2.24) is 0 Å². The highest BCUT2D eigenvalue weighted by Gasteiger charge is 2.48. The Kier molecular flexibility index (Phi) is 2.95. The van der Waals surface area contributed by atoms with Crippen molar-refractivity contribution in [2.45, 2.75) is 26.7 Å². The van der Waals surface area contributed by atoms with Crippen LogP contribution >= 0.6 is 0 Å². The molecule has 0 bridgehead atoms. The van der Waals surface area contributed by atoms with Gasteiger partial charge in [0.25, 0.3) is 0 Å². The fraction of sp³-hybridized carbons (Fsp3) is 0.538. The molecule has 0 saturated carbocycles. The van der Waals surface area contributed by atoms with E-state index in [1.807, 2.05) is 32.1 Å². The Morgan fingerprint density at radius 2 is 2.25 bits per heavy atom. The fourth-order valence-electron chi connectivity index (χ4n) is 2.47. The van der Waals surface area contributed by atoms with Crippen LogP contribution < -0.4 is 0 Å². The minimum absolute atomic E-state index is 0.119. The lowest BCUT2D eigenvalue weighted by molar-refractivity contribution is -0.154. The summed E-state index contributed by atoms with van der Waals surface area (Å²) < 4.78 is 4.72. The smallest absolute Gasteiger partial charge is 0.318 e. The number of hydrogen-bond acceptors (Lipinski definition) is 3. The minimum atomic E-state index is -0.345. The molecular weight excluding hydrogens is 204 g/mol. The fourth-order valence-corrected chi connectivity index (χ4v) is 2.47. The van der Waals surface area contributed by atoms with Crippen LogP contribution in [-0.2, 0) is 14.3 Å². The quantitative estimate of drug-likeness (QED) is 0.407. The number of rotatable bonds is 2. The van der Waals surface area contributed by atoms with Gasteiger partial charge < -0.3 is 4.74 Å². The van der Waals surface area contributed by atoms with Gasteiger partial charge >= 0.3 is 11.9 Å². The first-order valence-electron chi connectivity index (χ1n) is 5.67. The van der Waals surface area contributed by atoms with Crippen LogP contribution in [0.5, 0.6) is 0 Å². The second-order valence-corrected chi connectivity index (χ2v) is 4.54. The first-order chi connectivity index (χ1) is 7.63. The van der Waals surface area contributed by atoms with Crippen LogP contribution in [0.25, 0.3) is 0 Å². The topological polar surface area (TPSA) is 43.4 Å². The number of hydrogen-bond donors (Lipinski definition) is 0. The Morgan fingerprint density at radius 1 is 1.50 bits per heavy atom. The molecular formula is C13H16O3. The van der Waals surface area contributed by atoms with Crippen LogP contribution in [0.2, 0.25) is 0 Å². The van der Waals surface area contributed by atoms with Gasteiger partial charge in [-0.1, -0.05) is 23.8 Å². The van der Waals surface area contributed by atoms with Gasteiger partial charge in [-0.2, -0.15) is 0 Å². The van der Waals surface area contributed by atoms with E-state index in [0.717, 1.165) is 6.42 Å². The van der Waals surface area contributed by atoms with Crippen molar-refractivity contribution in [1.29, 1.82) is 0 Å². The van der Waals surface area contributed by atoms with Crippen molar-refractivity contribution in [2.75, 3.05) is 0 Å². The van der Waals surface area contributed by atoms with E-state index in [0.29, 0.717) is 6.42 Å². The van der Waals surface area contributed by atoms with E-state index in [1.165, 1.54) is 5.57 Å². The molecule has 0 radical (unpaired) electrons. The molecule has 3 unspecified atom stereocenters. The molecule has 3 heteroatoms. The molecule has 1 aliphatic carbocycles. The summed E-state index contributed by atoms with van der Waals surface area (Å²) in [6.45, 7) is 4.02. The molecule has 3 nitrogen and oxygen atoms in total. The Labute approximate surface area is 95.2 Å². The average molecular weight is 220 g/mol. The highest BCUT2D eigenvalue weighted by molar-refractivity contribution is 5.97. The molecule has 2 rings (SSSR count). The summed E-state index contributed by atoms with van der Waals surface area (Å²) in [5.41, 5.74) is 1.24. The van der Waals surface area contributed by atoms with Gasteiger partial charge in [0.15, 0.2) is 0 Å². The zero-order valence-corrected chi connectivity index (χ0v) is 9.60. The van der Waals surface area contributed by atoms with Crippen molar-refractivity contribution < 1.29 is 14.3 Å². The summed E-state index contributed by atoms with van der Waals surface area (Å²) in [5.74, 6) is -1.07. The lowest BCUT2D eigenvalue weighted by Gasteiger charge is -2.24. The third-order valence-corrected chi connectivity index (χ3v) is 3.49. The second kappa shape index (κ2) is 4.24. The SMILES string of the molecule is C/C=C(\C)CC1C=CCC2C(=O)OC(=O)C12. The van der Waals surface area contributed by atoms with Gasteiger partial charge in [0.05, 0.1) is 11.8 Å². The van der Waals surface area contributed by atoms with Gasteiger partial charge in [-0.05, 0) is 32.6 Å². The summed E-state index contributed by atoms with van der Waals surface area (Å²) in [4.78, 5) is 23.0. The molecule has 2 aliphatic rings. The third-order valence-electron chi connectivity index (χ3n) is 3.49. The largest absolute Gasteiger partial charge is 0.393 e. The standard InChI is InChI=1S/C13H16O3/c1-3-8(2)7-9-5-4-6-10-11(9)13(15)16-12(10)14/h3-5,9-11H,6-7H2,1-2H3/b8-3+. The first kappa shape index (κ1) is 11.1. The molecule has 16 heavy (non-hydrogen) atoms. The molecule has 0 aromatic carbocycles. The summed E-state index contributed by atoms with van der Waals surface area (Å²) in [7, 11) is 0. The highest BCUT2D eigenvalue weighted by Crippen LogP contribution is 2.39. The maximum atomic E-state index is 11.6. The Balaban J connectivity index is 2.20. The van der Waals surface area contributed by atoms with Gasteiger partial charge in [-0.3, -0.25) is 9.59 Å². The van der Waals surface area contributed by atoms with Gasteiger partial charge in [-0.25, -0.2) is 0 Å². The molecule has 0 amide bonds. The maximum absolute atomic E-state index is 11.6. The van der Waals surface area contributed by atoms with Gasteiger partial charge in [0, 0.05) is 0 Å². The van der Waals surface area contributed by atoms with Crippen LogP contribution in [0.4, 0.5) is 0 Å². The zero-order chi connectivity index (χ0) is 11.7. The van der Waals surface area contributed by atoms with E-state index in [2.05, 4.69) is 0 Å². The molecule has 0 N–H and O–H groups in total. The van der Waals surface area contributed by atoms with Gasteiger partial charge in [0.2, 0.25) is 0 Å². The number of fused-ring (bicyclic) bond motifs is 1. The van der Waals surface area contributed by atoms with Crippen LogP contribution in [0, 0.1) is 17.8 Å². The van der Waals surface area contributed by atoms with E-state index in [1.54, 1.807) is 0 Å². The molecule has 3 atom stereocenters. The Hall–Kier alpha value is -1.38. The lowest BCUT2D eigenvalue weighted by atomic mass is 9.75. The summed E-state index contributed by atoms with van der Waals surface area (Å²) in [6.07, 6.45) is 7.55. The third kappa shape index (κ3) is 1.82. The predicted molar refractivity (Wildman–Crippen MR) is 59.4 cm³/mol. The maximum Gasteiger partial charge on any atom is 0.318 e. The highest BCUT2D eigenvalue weighted by atomic mass is 16.6. The van der Waals surface area contributed by atoms with Crippen molar-refractivity contribution in [3.05, 3.63) is 23.8 Å². The normalized spacial score (nSPS) is 33.9. The van der Waals surface area contributed by atoms with Crippen LogP contribution in [0.15, 0.2) is 23.8 Å². The van der Waals surface area contributed by atoms with Crippen LogP contribution in [0.1, 0.15) is 26.7 Å². The Morgan fingerprint density at radius 3 is 2.94 bits per heavy atom. The van der Waals surface area contributed by atoms with Crippen molar-refractivity contribution in [3.63, 3.8) is 0 Å². The number of ether oxygens (including phenoxy) is 1. The zero-order valence-electron chi connectivity index (χ0n) is 9.60. The van der Waals surface area contributed by atoms with E-state index < -0.39 is 0 Å². The first-order valence-corrected chi connectivity index (χ1v) is 5.67. The van der Waals surface area contributed by atoms with Crippen molar-refractivity contribution in [2.24, 2.45) is 17.8 Å². The predicted octanol–water partition coefficient (Wildman–Crippen LogP) is 2.23. The lowest BCUT2D eigenvalue weighted by Crippen LogP contribution is -2.28. The molecule has 1 heterocycles. The van der Waals surface area contributed by atoms with Gasteiger partial charge in [0.1, 0.15) is 0 Å². The van der Waals surface area contributed by atoms with Gasteiger partial charge in [-0.15, -0.1) is 0 Å². The van der Waals surface area contributed by atoms with E-state index in [-0.39, 0.29) is 29.7 Å². The molecule has 0 aromatic heterocycles. The number of carbonyl (C=O) groups is 2. The molecule has 1 saturated heterocycles. The van der Waals surface area contributed by atoms with Crippen LogP contribution in [0.3, 0.4) is 0 Å². The van der Waals surface area contributed by atoms with E-state index in [9.17, 15) is 9.59 Å². The van der Waals surface area contributed by atoms with Crippen LogP contribution in [-0.4, -0.2) is 11.9 Å². The van der Waals surface area contributed by atoms with Crippen molar-refractivity contribution >= 4 is 11.9 Å². The minimum Gasteiger partial charge on any atom is -0.393 e. The molecule has 0 aromatic rings. The number of esters is 2.